The summed E-state index contributed by atoms with van der Waals surface area (Å²) < 4.78 is 22.4. The van der Waals surface area contributed by atoms with Gasteiger partial charge in [0.15, 0.2) is 11.5 Å². The van der Waals surface area contributed by atoms with Gasteiger partial charge in [-0.2, -0.15) is 0 Å². The molecule has 2 aromatic carbocycles. The lowest BCUT2D eigenvalue weighted by atomic mass is 10.1. The van der Waals surface area contributed by atoms with Crippen LogP contribution >= 0.6 is 0 Å². The van der Waals surface area contributed by atoms with E-state index in [-0.39, 0.29) is 48.7 Å². The van der Waals surface area contributed by atoms with Gasteiger partial charge < -0.3 is 18.9 Å². The largest absolute Gasteiger partial charge is 0.457 e. The highest BCUT2D eigenvalue weighted by Gasteiger charge is 2.25. The number of benzene rings is 2. The SMILES string of the molecule is CCCCCCC(=O)Oc1cc(C(=O)OCc2ccccc2)cc(OC(=O)CCCCCC)c1OC(=O)CCCCCC. The van der Waals surface area contributed by atoms with E-state index < -0.39 is 23.9 Å². The molecule has 0 saturated carbocycles. The van der Waals surface area contributed by atoms with Gasteiger partial charge in [0.2, 0.25) is 5.75 Å². The summed E-state index contributed by atoms with van der Waals surface area (Å²) in [6.45, 7) is 6.26. The van der Waals surface area contributed by atoms with Crippen molar-refractivity contribution >= 4 is 23.9 Å². The van der Waals surface area contributed by atoms with Crippen molar-refractivity contribution in [2.75, 3.05) is 0 Å². The molecule has 0 amide bonds. The van der Waals surface area contributed by atoms with Gasteiger partial charge in [0.25, 0.3) is 0 Å². The molecule has 0 fully saturated rings. The fraction of sp³-hybridized carbons (Fsp3) is 0.543. The van der Waals surface area contributed by atoms with E-state index in [0.29, 0.717) is 19.3 Å². The minimum absolute atomic E-state index is 0.00115. The van der Waals surface area contributed by atoms with Crippen molar-refractivity contribution in [3.05, 3.63) is 53.6 Å². The van der Waals surface area contributed by atoms with Crippen molar-refractivity contribution in [1.29, 1.82) is 0 Å². The Balaban J connectivity index is 2.38. The second-order valence-corrected chi connectivity index (χ2v) is 10.7. The highest BCUT2D eigenvalue weighted by atomic mass is 16.6. The molecule has 236 valence electrons. The van der Waals surface area contributed by atoms with Crippen LogP contribution in [0.25, 0.3) is 0 Å². The van der Waals surface area contributed by atoms with E-state index in [1.807, 2.05) is 30.3 Å². The van der Waals surface area contributed by atoms with Crippen molar-refractivity contribution in [3.8, 4) is 17.2 Å². The molecule has 0 aliphatic carbocycles. The number of esters is 4. The van der Waals surface area contributed by atoms with Crippen LogP contribution in [-0.4, -0.2) is 23.9 Å². The molecule has 0 unspecified atom stereocenters. The lowest BCUT2D eigenvalue weighted by Gasteiger charge is -2.16. The van der Waals surface area contributed by atoms with Gasteiger partial charge in [-0.1, -0.05) is 109 Å². The molecule has 8 heteroatoms. The lowest BCUT2D eigenvalue weighted by Crippen LogP contribution is -2.16. The lowest BCUT2D eigenvalue weighted by molar-refractivity contribution is -0.138. The Hall–Kier alpha value is -3.68. The maximum atomic E-state index is 13.1. The summed E-state index contributed by atoms with van der Waals surface area (Å²) in [5.74, 6) is -2.84. The summed E-state index contributed by atoms with van der Waals surface area (Å²) in [6, 6.07) is 11.8. The Labute approximate surface area is 256 Å². The van der Waals surface area contributed by atoms with Gasteiger partial charge in [-0.15, -0.1) is 0 Å². The zero-order valence-corrected chi connectivity index (χ0v) is 26.1. The molecule has 0 saturated heterocycles. The molecule has 0 heterocycles. The highest BCUT2D eigenvalue weighted by molar-refractivity contribution is 5.92. The molecule has 43 heavy (non-hydrogen) atoms. The molecule has 0 N–H and O–H groups in total. The van der Waals surface area contributed by atoms with Crippen LogP contribution in [0.3, 0.4) is 0 Å². The van der Waals surface area contributed by atoms with Crippen LogP contribution in [0.15, 0.2) is 42.5 Å². The summed E-state index contributed by atoms with van der Waals surface area (Å²) >= 11 is 0. The maximum Gasteiger partial charge on any atom is 0.338 e. The number of carbonyl (C=O) groups excluding carboxylic acids is 4. The minimum atomic E-state index is -0.707. The third-order valence-corrected chi connectivity index (χ3v) is 6.84. The van der Waals surface area contributed by atoms with Crippen LogP contribution in [0.1, 0.15) is 133 Å². The van der Waals surface area contributed by atoms with Gasteiger partial charge in [-0.25, -0.2) is 4.79 Å². The normalized spacial score (nSPS) is 10.7. The molecule has 0 bridgehead atoms. The van der Waals surface area contributed by atoms with E-state index in [2.05, 4.69) is 20.8 Å². The van der Waals surface area contributed by atoms with Crippen molar-refractivity contribution in [1.82, 2.24) is 0 Å². The van der Waals surface area contributed by atoms with Gasteiger partial charge in [0.1, 0.15) is 6.61 Å². The van der Waals surface area contributed by atoms with E-state index in [9.17, 15) is 19.2 Å². The van der Waals surface area contributed by atoms with Crippen molar-refractivity contribution in [2.24, 2.45) is 0 Å². The molecular formula is C35H48O8. The van der Waals surface area contributed by atoms with Crippen molar-refractivity contribution in [2.45, 2.75) is 124 Å². The fourth-order valence-corrected chi connectivity index (χ4v) is 4.35. The van der Waals surface area contributed by atoms with Crippen LogP contribution in [0.2, 0.25) is 0 Å². The van der Waals surface area contributed by atoms with E-state index in [1.165, 1.54) is 12.1 Å². The first kappa shape index (κ1) is 35.5. The first-order valence-electron chi connectivity index (χ1n) is 15.9. The van der Waals surface area contributed by atoms with E-state index in [1.54, 1.807) is 0 Å². The van der Waals surface area contributed by atoms with Crippen LogP contribution in [0.5, 0.6) is 17.2 Å². The molecule has 2 rings (SSSR count). The predicted octanol–water partition coefficient (Wildman–Crippen LogP) is 8.67. The Morgan fingerprint density at radius 2 is 1.00 bits per heavy atom. The molecule has 0 atom stereocenters. The molecular weight excluding hydrogens is 548 g/mol. The number of unbranched alkanes of at least 4 members (excludes halogenated alkanes) is 9. The summed E-state index contributed by atoms with van der Waals surface area (Å²) in [5, 5.41) is 0. The molecule has 0 aromatic heterocycles. The average molecular weight is 597 g/mol. The first-order chi connectivity index (χ1) is 20.9. The summed E-state index contributed by atoms with van der Waals surface area (Å²) in [5.41, 5.74) is 0.795. The number of hydrogen-bond donors (Lipinski definition) is 0. The van der Waals surface area contributed by atoms with Crippen molar-refractivity contribution < 1.29 is 38.1 Å². The number of rotatable bonds is 21. The summed E-state index contributed by atoms with van der Waals surface area (Å²) in [7, 11) is 0. The van der Waals surface area contributed by atoms with Crippen LogP contribution in [0, 0.1) is 0 Å². The van der Waals surface area contributed by atoms with Gasteiger partial charge in [0.05, 0.1) is 5.56 Å². The highest BCUT2D eigenvalue weighted by Crippen LogP contribution is 2.40. The van der Waals surface area contributed by atoms with Gasteiger partial charge in [0, 0.05) is 19.3 Å². The second kappa shape index (κ2) is 21.1. The predicted molar refractivity (Wildman–Crippen MR) is 165 cm³/mol. The molecule has 0 aliphatic rings. The number of ether oxygens (including phenoxy) is 4. The van der Waals surface area contributed by atoms with Crippen LogP contribution < -0.4 is 14.2 Å². The zero-order valence-electron chi connectivity index (χ0n) is 26.1. The van der Waals surface area contributed by atoms with Crippen LogP contribution in [0.4, 0.5) is 0 Å². The second-order valence-electron chi connectivity index (χ2n) is 10.7. The number of hydrogen-bond acceptors (Lipinski definition) is 8. The fourth-order valence-electron chi connectivity index (χ4n) is 4.35. The standard InChI is InChI=1S/C35H48O8/c1-4-7-10-16-21-31(36)41-29-24-28(35(39)40-26-27-19-14-13-15-20-27)25-30(42-32(37)22-17-11-8-5-2)34(29)43-33(38)23-18-12-9-6-3/h13-15,19-20,24-25H,4-12,16-18,21-23,26H2,1-3H3. The van der Waals surface area contributed by atoms with Crippen molar-refractivity contribution in [3.63, 3.8) is 0 Å². The third kappa shape index (κ3) is 14.4. The minimum Gasteiger partial charge on any atom is -0.457 e. The smallest absolute Gasteiger partial charge is 0.338 e. The quantitative estimate of drug-likeness (QED) is 0.0801. The molecule has 0 radical (unpaired) electrons. The Bertz CT molecular complexity index is 1090. The Morgan fingerprint density at radius 3 is 1.44 bits per heavy atom. The molecule has 0 aliphatic heterocycles. The van der Waals surface area contributed by atoms with Gasteiger partial charge in [-0.3, -0.25) is 14.4 Å². The van der Waals surface area contributed by atoms with E-state index in [0.717, 1.165) is 63.4 Å². The zero-order chi connectivity index (χ0) is 31.3. The Morgan fingerprint density at radius 1 is 0.558 bits per heavy atom. The summed E-state index contributed by atoms with van der Waals surface area (Å²) in [4.78, 5) is 51.5. The first-order valence-corrected chi connectivity index (χ1v) is 15.9. The topological polar surface area (TPSA) is 105 Å². The maximum absolute atomic E-state index is 13.1. The Kier molecular flexibility index (Phi) is 17.4. The van der Waals surface area contributed by atoms with Crippen LogP contribution in [-0.2, 0) is 25.7 Å². The monoisotopic (exact) mass is 596 g/mol. The molecule has 2 aromatic rings. The average Bonchev–Trinajstić information content (AvgIpc) is 3.00. The summed E-state index contributed by atoms with van der Waals surface area (Å²) in [6.07, 6.45) is 11.0. The number of carbonyl (C=O) groups is 4. The molecule has 8 nitrogen and oxygen atoms in total. The molecule has 0 spiro atoms. The third-order valence-electron chi connectivity index (χ3n) is 6.84. The van der Waals surface area contributed by atoms with E-state index in [4.69, 9.17) is 18.9 Å². The van der Waals surface area contributed by atoms with E-state index >= 15 is 0 Å². The van der Waals surface area contributed by atoms with Gasteiger partial charge >= 0.3 is 23.9 Å². The van der Waals surface area contributed by atoms with Gasteiger partial charge in [-0.05, 0) is 37.0 Å².